The summed E-state index contributed by atoms with van der Waals surface area (Å²) in [5.41, 5.74) is 1.09. The van der Waals surface area contributed by atoms with Crippen molar-refractivity contribution in [3.05, 3.63) is 34.6 Å². The summed E-state index contributed by atoms with van der Waals surface area (Å²) in [6, 6.07) is 4.51. The highest BCUT2D eigenvalue weighted by Crippen LogP contribution is 2.16. The monoisotopic (exact) mass is 221 g/mol. The Kier molecular flexibility index (Phi) is 4.01. The summed E-state index contributed by atoms with van der Waals surface area (Å²) >= 11 is 0. The molecule has 0 saturated heterocycles. The van der Waals surface area contributed by atoms with Crippen LogP contribution in [0.1, 0.15) is 23.6 Å². The Morgan fingerprint density at radius 3 is 2.81 bits per heavy atom. The second-order valence-electron chi connectivity index (χ2n) is 3.34. The Hall–Kier alpha value is -1.89. The number of hydrogen-bond acceptors (Lipinski definition) is 3. The molecule has 4 heteroatoms. The van der Waals surface area contributed by atoms with E-state index in [1.165, 1.54) is 6.07 Å². The molecule has 0 saturated carbocycles. The fourth-order valence-corrected chi connectivity index (χ4v) is 1.35. The van der Waals surface area contributed by atoms with Crippen LogP contribution in [0, 0.1) is 24.1 Å². The molecular weight excluding hydrogens is 209 g/mol. The SMILES string of the molecule is CCOC(=O)Cc1cc(C#N)cc(F)c1C. The van der Waals surface area contributed by atoms with Gasteiger partial charge in [0.2, 0.25) is 0 Å². The first-order chi connectivity index (χ1) is 7.58. The zero-order valence-corrected chi connectivity index (χ0v) is 9.21. The summed E-state index contributed by atoms with van der Waals surface area (Å²) < 4.78 is 18.1. The summed E-state index contributed by atoms with van der Waals surface area (Å²) in [7, 11) is 0. The minimum absolute atomic E-state index is 0.00782. The van der Waals surface area contributed by atoms with Crippen LogP contribution in [0.25, 0.3) is 0 Å². The second kappa shape index (κ2) is 5.26. The predicted octanol–water partition coefficient (Wildman–Crippen LogP) is 2.11. The highest BCUT2D eigenvalue weighted by molar-refractivity contribution is 5.73. The van der Waals surface area contributed by atoms with Crippen molar-refractivity contribution in [2.45, 2.75) is 20.3 Å². The minimum atomic E-state index is -0.474. The number of benzene rings is 1. The molecule has 0 aliphatic carbocycles. The van der Waals surface area contributed by atoms with E-state index in [2.05, 4.69) is 0 Å². The molecule has 3 nitrogen and oxygen atoms in total. The van der Waals surface area contributed by atoms with Crippen LogP contribution in [-0.4, -0.2) is 12.6 Å². The maximum Gasteiger partial charge on any atom is 0.310 e. The number of rotatable bonds is 3. The van der Waals surface area contributed by atoms with Gasteiger partial charge in [-0.1, -0.05) is 0 Å². The summed E-state index contributed by atoms with van der Waals surface area (Å²) in [4.78, 5) is 11.2. The van der Waals surface area contributed by atoms with E-state index in [1.54, 1.807) is 13.8 Å². The fourth-order valence-electron chi connectivity index (χ4n) is 1.35. The molecular formula is C12H12FNO2. The third-order valence-electron chi connectivity index (χ3n) is 2.22. The highest BCUT2D eigenvalue weighted by Gasteiger charge is 2.11. The first-order valence-electron chi connectivity index (χ1n) is 4.93. The number of carbonyl (C=O) groups excluding carboxylic acids is 1. The molecule has 0 spiro atoms. The van der Waals surface area contributed by atoms with E-state index in [4.69, 9.17) is 10.00 Å². The first kappa shape index (κ1) is 12.2. The summed E-state index contributed by atoms with van der Waals surface area (Å²) in [6.45, 7) is 3.57. The number of nitriles is 1. The van der Waals surface area contributed by atoms with Crippen molar-refractivity contribution >= 4 is 5.97 Å². The van der Waals surface area contributed by atoms with E-state index in [0.717, 1.165) is 6.07 Å². The van der Waals surface area contributed by atoms with Crippen molar-refractivity contribution in [2.24, 2.45) is 0 Å². The third kappa shape index (κ3) is 2.80. The largest absolute Gasteiger partial charge is 0.466 e. The zero-order chi connectivity index (χ0) is 12.1. The van der Waals surface area contributed by atoms with E-state index in [-0.39, 0.29) is 18.6 Å². The van der Waals surface area contributed by atoms with Gasteiger partial charge in [0.25, 0.3) is 0 Å². The molecule has 0 bridgehead atoms. The van der Waals surface area contributed by atoms with Gasteiger partial charge in [0.1, 0.15) is 5.82 Å². The lowest BCUT2D eigenvalue weighted by Gasteiger charge is -2.07. The summed E-state index contributed by atoms with van der Waals surface area (Å²) in [5.74, 6) is -0.890. The van der Waals surface area contributed by atoms with Gasteiger partial charge >= 0.3 is 5.97 Å². The fraction of sp³-hybridized carbons (Fsp3) is 0.333. The number of ether oxygens (including phenoxy) is 1. The molecule has 0 unspecified atom stereocenters. The van der Waals surface area contributed by atoms with Crippen LogP contribution in [0.15, 0.2) is 12.1 Å². The first-order valence-corrected chi connectivity index (χ1v) is 4.93. The lowest BCUT2D eigenvalue weighted by atomic mass is 10.0. The maximum absolute atomic E-state index is 13.4. The molecule has 0 radical (unpaired) electrons. The van der Waals surface area contributed by atoms with Crippen LogP contribution in [0.5, 0.6) is 0 Å². The molecule has 1 aromatic carbocycles. The molecule has 16 heavy (non-hydrogen) atoms. The second-order valence-corrected chi connectivity index (χ2v) is 3.34. The molecule has 0 amide bonds. The van der Waals surface area contributed by atoms with E-state index in [0.29, 0.717) is 11.1 Å². The van der Waals surface area contributed by atoms with Gasteiger partial charge in [-0.05, 0) is 37.1 Å². The number of esters is 1. The zero-order valence-electron chi connectivity index (χ0n) is 9.21. The van der Waals surface area contributed by atoms with Crippen molar-refractivity contribution in [2.75, 3.05) is 6.61 Å². The average Bonchev–Trinajstić information content (AvgIpc) is 2.24. The van der Waals surface area contributed by atoms with Crippen LogP contribution in [0.2, 0.25) is 0 Å². The van der Waals surface area contributed by atoms with E-state index >= 15 is 0 Å². The average molecular weight is 221 g/mol. The molecule has 0 atom stereocenters. The van der Waals surface area contributed by atoms with Crippen molar-refractivity contribution in [3.63, 3.8) is 0 Å². The van der Waals surface area contributed by atoms with Crippen molar-refractivity contribution in [1.82, 2.24) is 0 Å². The lowest BCUT2D eigenvalue weighted by Crippen LogP contribution is -2.09. The van der Waals surface area contributed by atoms with Gasteiger partial charge in [-0.2, -0.15) is 5.26 Å². The van der Waals surface area contributed by atoms with E-state index in [9.17, 15) is 9.18 Å². The number of hydrogen-bond donors (Lipinski definition) is 0. The molecule has 1 aromatic rings. The molecule has 1 rings (SSSR count). The van der Waals surface area contributed by atoms with Crippen LogP contribution >= 0.6 is 0 Å². The molecule has 0 fully saturated rings. The third-order valence-corrected chi connectivity index (χ3v) is 2.22. The van der Waals surface area contributed by atoms with Gasteiger partial charge in [0, 0.05) is 0 Å². The smallest absolute Gasteiger partial charge is 0.310 e. The van der Waals surface area contributed by atoms with Gasteiger partial charge in [0.05, 0.1) is 24.7 Å². The molecule has 84 valence electrons. The highest BCUT2D eigenvalue weighted by atomic mass is 19.1. The quantitative estimate of drug-likeness (QED) is 0.734. The Balaban J connectivity index is 3.00. The van der Waals surface area contributed by atoms with Crippen molar-refractivity contribution in [3.8, 4) is 6.07 Å². The predicted molar refractivity (Wildman–Crippen MR) is 56.2 cm³/mol. The Bertz CT molecular complexity index is 449. The van der Waals surface area contributed by atoms with Crippen LogP contribution in [0.4, 0.5) is 4.39 Å². The van der Waals surface area contributed by atoms with Gasteiger partial charge < -0.3 is 4.74 Å². The van der Waals surface area contributed by atoms with Crippen LogP contribution in [-0.2, 0) is 16.0 Å². The molecule has 0 aliphatic rings. The summed E-state index contributed by atoms with van der Waals surface area (Å²) in [6.07, 6.45) is -0.00782. The lowest BCUT2D eigenvalue weighted by molar-refractivity contribution is -0.142. The topological polar surface area (TPSA) is 50.1 Å². The van der Waals surface area contributed by atoms with Gasteiger partial charge in [-0.3, -0.25) is 4.79 Å². The maximum atomic E-state index is 13.4. The van der Waals surface area contributed by atoms with Gasteiger partial charge in [-0.15, -0.1) is 0 Å². The van der Waals surface area contributed by atoms with Gasteiger partial charge in [-0.25, -0.2) is 4.39 Å². The number of nitrogens with zero attached hydrogens (tertiary/aromatic N) is 1. The number of carbonyl (C=O) groups is 1. The van der Waals surface area contributed by atoms with Crippen LogP contribution in [0.3, 0.4) is 0 Å². The van der Waals surface area contributed by atoms with Crippen molar-refractivity contribution < 1.29 is 13.9 Å². The Labute approximate surface area is 93.5 Å². The van der Waals surface area contributed by atoms with E-state index in [1.807, 2.05) is 6.07 Å². The van der Waals surface area contributed by atoms with E-state index < -0.39 is 11.8 Å². The van der Waals surface area contributed by atoms with Crippen molar-refractivity contribution in [1.29, 1.82) is 5.26 Å². The molecule has 0 N–H and O–H groups in total. The van der Waals surface area contributed by atoms with Gasteiger partial charge in [0.15, 0.2) is 0 Å². The Morgan fingerprint density at radius 2 is 2.25 bits per heavy atom. The molecule has 0 aliphatic heterocycles. The summed E-state index contributed by atoms with van der Waals surface area (Å²) in [5, 5.41) is 8.68. The Morgan fingerprint density at radius 1 is 1.56 bits per heavy atom. The minimum Gasteiger partial charge on any atom is -0.466 e. The van der Waals surface area contributed by atoms with Crippen LogP contribution < -0.4 is 0 Å². The molecule has 0 heterocycles. The normalized spacial score (nSPS) is 9.62. The standard InChI is InChI=1S/C12H12FNO2/c1-3-16-12(15)6-10-4-9(7-14)5-11(13)8(10)2/h4-5H,3,6H2,1-2H3. The molecule has 0 aromatic heterocycles. The number of halogens is 1.